The first-order valence-electron chi connectivity index (χ1n) is 9.57. The topological polar surface area (TPSA) is 49.6 Å². The molecule has 1 unspecified atom stereocenters. The average Bonchev–Trinajstić information content (AvgIpc) is 2.71. The Morgan fingerprint density at radius 1 is 0.885 bits per heavy atom. The van der Waals surface area contributed by atoms with Crippen molar-refractivity contribution in [1.29, 1.82) is 0 Å². The lowest BCUT2D eigenvalue weighted by molar-refractivity contribution is -0.134. The summed E-state index contributed by atoms with van der Waals surface area (Å²) in [5, 5.41) is 0. The van der Waals surface area contributed by atoms with E-state index < -0.39 is 6.04 Å². The summed E-state index contributed by atoms with van der Waals surface area (Å²) in [6, 6.07) is 20.0. The third-order valence-electron chi connectivity index (χ3n) is 4.55. The number of benzene rings is 2. The maximum absolute atomic E-state index is 12.5. The van der Waals surface area contributed by atoms with Crippen LogP contribution in [0.3, 0.4) is 0 Å². The van der Waals surface area contributed by atoms with Crippen LogP contribution in [-0.2, 0) is 17.8 Å². The second-order valence-corrected chi connectivity index (χ2v) is 6.38. The lowest BCUT2D eigenvalue weighted by Crippen LogP contribution is -2.53. The van der Waals surface area contributed by atoms with Crippen molar-refractivity contribution in [3.63, 3.8) is 0 Å². The first kappa shape index (κ1) is 20.1. The molecule has 1 atom stereocenters. The Hall–Kier alpha value is -2.17. The minimum absolute atomic E-state index is 0.0678. The van der Waals surface area contributed by atoms with Crippen molar-refractivity contribution >= 4 is 5.91 Å². The van der Waals surface area contributed by atoms with Crippen molar-refractivity contribution < 1.29 is 4.79 Å². The minimum Gasteiger partial charge on any atom is -0.339 e. The number of nitrogens with zero attached hydrogens (tertiary/aromatic N) is 2. The molecule has 1 saturated heterocycles. The summed E-state index contributed by atoms with van der Waals surface area (Å²) in [6.07, 6.45) is 0.601. The maximum Gasteiger partial charge on any atom is 0.239 e. The fraction of sp³-hybridized carbons (Fsp3) is 0.409. The number of carbonyl (C=O) groups is 1. The summed E-state index contributed by atoms with van der Waals surface area (Å²) in [5.74, 6) is 0.0678. The zero-order valence-electron chi connectivity index (χ0n) is 16.0. The summed E-state index contributed by atoms with van der Waals surface area (Å²) >= 11 is 0. The van der Waals surface area contributed by atoms with E-state index in [2.05, 4.69) is 29.2 Å². The Bertz CT molecular complexity index is 637. The number of nitrogens with two attached hydrogens (primary N) is 1. The van der Waals surface area contributed by atoms with Crippen LogP contribution in [0.25, 0.3) is 0 Å². The van der Waals surface area contributed by atoms with Crippen molar-refractivity contribution in [2.24, 2.45) is 5.73 Å². The van der Waals surface area contributed by atoms with Crippen molar-refractivity contribution in [3.05, 3.63) is 71.8 Å². The predicted octanol–water partition coefficient (Wildman–Crippen LogP) is 2.93. The fourth-order valence-corrected chi connectivity index (χ4v) is 3.16. The zero-order chi connectivity index (χ0) is 18.8. The Labute approximate surface area is 157 Å². The number of amides is 1. The molecule has 1 fully saturated rings. The molecular weight excluding hydrogens is 322 g/mol. The van der Waals surface area contributed by atoms with E-state index in [4.69, 9.17) is 5.73 Å². The van der Waals surface area contributed by atoms with Crippen molar-refractivity contribution in [1.82, 2.24) is 9.80 Å². The molecule has 0 aromatic heterocycles. The van der Waals surface area contributed by atoms with Gasteiger partial charge < -0.3 is 10.6 Å². The average molecular weight is 354 g/mol. The Balaban J connectivity index is 0.00000117. The molecule has 0 radical (unpaired) electrons. The van der Waals surface area contributed by atoms with E-state index >= 15 is 0 Å². The highest BCUT2D eigenvalue weighted by Crippen LogP contribution is 2.10. The van der Waals surface area contributed by atoms with E-state index in [9.17, 15) is 4.79 Å². The van der Waals surface area contributed by atoms with Crippen LogP contribution in [0, 0.1) is 0 Å². The van der Waals surface area contributed by atoms with Gasteiger partial charge in [-0.15, -0.1) is 0 Å². The summed E-state index contributed by atoms with van der Waals surface area (Å²) in [7, 11) is 0. The molecule has 3 rings (SSSR count). The summed E-state index contributed by atoms with van der Waals surface area (Å²) in [5.41, 5.74) is 8.56. The van der Waals surface area contributed by atoms with Crippen LogP contribution in [0.4, 0.5) is 0 Å². The number of hydrogen-bond acceptors (Lipinski definition) is 3. The van der Waals surface area contributed by atoms with Crippen LogP contribution >= 0.6 is 0 Å². The van der Waals surface area contributed by atoms with Crippen LogP contribution < -0.4 is 5.73 Å². The minimum atomic E-state index is -0.451. The Morgan fingerprint density at radius 3 is 1.92 bits per heavy atom. The Morgan fingerprint density at radius 2 is 1.38 bits per heavy atom. The van der Waals surface area contributed by atoms with Crippen molar-refractivity contribution in [2.45, 2.75) is 32.9 Å². The first-order valence-corrected chi connectivity index (χ1v) is 9.57. The van der Waals surface area contributed by atoms with Gasteiger partial charge in [-0.25, -0.2) is 0 Å². The molecule has 1 aliphatic rings. The third-order valence-corrected chi connectivity index (χ3v) is 4.55. The molecule has 2 aromatic carbocycles. The molecule has 26 heavy (non-hydrogen) atoms. The van der Waals surface area contributed by atoms with Crippen LogP contribution in [0.15, 0.2) is 60.7 Å². The van der Waals surface area contributed by atoms with Gasteiger partial charge in [-0.05, 0) is 17.5 Å². The fourth-order valence-electron chi connectivity index (χ4n) is 3.16. The molecule has 2 aromatic rings. The smallest absolute Gasteiger partial charge is 0.239 e. The highest BCUT2D eigenvalue weighted by atomic mass is 16.2. The standard InChI is InChI=1S/C20H25N3O.C2H6/c21-19(15-17-7-3-1-4-8-17)20(24)23-13-11-22(12-14-23)16-18-9-5-2-6-10-18;1-2/h1-10,19H,11-16,21H2;1-2H3. The number of rotatable bonds is 5. The lowest BCUT2D eigenvalue weighted by Gasteiger charge is -2.36. The lowest BCUT2D eigenvalue weighted by atomic mass is 10.1. The predicted molar refractivity (Wildman–Crippen MR) is 108 cm³/mol. The third kappa shape index (κ3) is 5.97. The van der Waals surface area contributed by atoms with Gasteiger partial charge in [0.1, 0.15) is 0 Å². The molecule has 0 spiro atoms. The number of piperazine rings is 1. The van der Waals surface area contributed by atoms with Gasteiger partial charge in [0.05, 0.1) is 6.04 Å². The largest absolute Gasteiger partial charge is 0.339 e. The molecule has 1 aliphatic heterocycles. The van der Waals surface area contributed by atoms with Gasteiger partial charge in [-0.2, -0.15) is 0 Å². The quantitative estimate of drug-likeness (QED) is 0.899. The van der Waals surface area contributed by atoms with Gasteiger partial charge in [0.25, 0.3) is 0 Å². The summed E-state index contributed by atoms with van der Waals surface area (Å²) in [4.78, 5) is 16.9. The molecule has 0 bridgehead atoms. The van der Waals surface area contributed by atoms with Crippen LogP contribution in [0.1, 0.15) is 25.0 Å². The van der Waals surface area contributed by atoms with E-state index in [1.54, 1.807) is 0 Å². The molecule has 0 saturated carbocycles. The number of hydrogen-bond donors (Lipinski definition) is 1. The molecule has 1 heterocycles. The van der Waals surface area contributed by atoms with E-state index in [-0.39, 0.29) is 5.91 Å². The molecule has 0 aliphatic carbocycles. The van der Waals surface area contributed by atoms with Gasteiger partial charge in [-0.1, -0.05) is 74.5 Å². The molecule has 4 heteroatoms. The van der Waals surface area contributed by atoms with Crippen LogP contribution in [0.5, 0.6) is 0 Å². The van der Waals surface area contributed by atoms with Gasteiger partial charge in [-0.3, -0.25) is 9.69 Å². The molecule has 2 N–H and O–H groups in total. The van der Waals surface area contributed by atoms with E-state index in [1.165, 1.54) is 5.56 Å². The second-order valence-electron chi connectivity index (χ2n) is 6.38. The SMILES string of the molecule is CC.NC(Cc1ccccc1)C(=O)N1CCN(Cc2ccccc2)CC1. The van der Waals surface area contributed by atoms with Gasteiger partial charge in [0, 0.05) is 32.7 Å². The van der Waals surface area contributed by atoms with E-state index in [0.29, 0.717) is 6.42 Å². The zero-order valence-corrected chi connectivity index (χ0v) is 16.0. The molecule has 1 amide bonds. The summed E-state index contributed by atoms with van der Waals surface area (Å²) in [6.45, 7) is 8.26. The monoisotopic (exact) mass is 353 g/mol. The molecule has 140 valence electrons. The molecule has 4 nitrogen and oxygen atoms in total. The summed E-state index contributed by atoms with van der Waals surface area (Å²) < 4.78 is 0. The van der Waals surface area contributed by atoms with Crippen LogP contribution in [0.2, 0.25) is 0 Å². The van der Waals surface area contributed by atoms with Crippen LogP contribution in [-0.4, -0.2) is 47.9 Å². The van der Waals surface area contributed by atoms with Crippen molar-refractivity contribution in [2.75, 3.05) is 26.2 Å². The maximum atomic E-state index is 12.5. The van der Waals surface area contributed by atoms with Crippen molar-refractivity contribution in [3.8, 4) is 0 Å². The van der Waals surface area contributed by atoms with E-state index in [0.717, 1.165) is 38.3 Å². The second kappa shape index (κ2) is 10.7. The highest BCUT2D eigenvalue weighted by Gasteiger charge is 2.25. The Kier molecular flexibility index (Phi) is 8.32. The van der Waals surface area contributed by atoms with E-state index in [1.807, 2.05) is 55.1 Å². The molecular formula is C22H31N3O. The van der Waals surface area contributed by atoms with Gasteiger partial charge >= 0.3 is 0 Å². The first-order chi connectivity index (χ1) is 12.7. The number of carbonyl (C=O) groups excluding carboxylic acids is 1. The van der Waals surface area contributed by atoms with Gasteiger partial charge in [0.2, 0.25) is 5.91 Å². The highest BCUT2D eigenvalue weighted by molar-refractivity contribution is 5.82. The normalized spacial score (nSPS) is 15.7. The van der Waals surface area contributed by atoms with Gasteiger partial charge in [0.15, 0.2) is 0 Å².